The molecule has 0 saturated carbocycles. The molecule has 0 spiro atoms. The Morgan fingerprint density at radius 3 is 2.00 bits per heavy atom. The number of rotatable bonds is 2. The van der Waals surface area contributed by atoms with E-state index in [1.165, 1.54) is 0 Å². The van der Waals surface area contributed by atoms with Crippen molar-refractivity contribution < 1.29 is 9.47 Å². The topological polar surface area (TPSA) is 18.5 Å². The average molecular weight is 144 g/mol. The van der Waals surface area contributed by atoms with Crippen molar-refractivity contribution in [3.8, 4) is 0 Å². The van der Waals surface area contributed by atoms with Gasteiger partial charge >= 0.3 is 0 Å². The molecule has 0 amide bonds. The van der Waals surface area contributed by atoms with Crippen molar-refractivity contribution in [3.05, 3.63) is 0 Å². The van der Waals surface area contributed by atoms with Crippen molar-refractivity contribution in [1.82, 2.24) is 0 Å². The highest BCUT2D eigenvalue weighted by atomic mass is 16.7. The van der Waals surface area contributed by atoms with Gasteiger partial charge in [-0.1, -0.05) is 20.8 Å². The molecule has 0 aromatic rings. The first kappa shape index (κ1) is 8.02. The molecule has 0 aromatic heterocycles. The summed E-state index contributed by atoms with van der Waals surface area (Å²) in [6.07, 6.45) is 0.949. The zero-order valence-electron chi connectivity index (χ0n) is 7.02. The third-order valence-electron chi connectivity index (χ3n) is 2.15. The summed E-state index contributed by atoms with van der Waals surface area (Å²) in [6.45, 7) is 7.88. The Hall–Kier alpha value is -0.0800. The molecule has 0 aliphatic carbocycles. The second-order valence-corrected chi connectivity index (χ2v) is 3.02. The van der Waals surface area contributed by atoms with Crippen LogP contribution in [0.2, 0.25) is 0 Å². The predicted octanol–water partition coefficient (Wildman–Crippen LogP) is 1.80. The first-order valence-electron chi connectivity index (χ1n) is 3.99. The monoisotopic (exact) mass is 144 g/mol. The molecule has 0 radical (unpaired) electrons. The molecule has 1 rings (SSSR count). The minimum Gasteiger partial charge on any atom is -0.347 e. The van der Waals surface area contributed by atoms with Crippen LogP contribution in [0.3, 0.4) is 0 Å². The quantitative estimate of drug-likeness (QED) is 0.588. The highest BCUT2D eigenvalue weighted by Gasteiger charge is 2.37. The number of hydrogen-bond donors (Lipinski definition) is 0. The Morgan fingerprint density at radius 2 is 1.80 bits per heavy atom. The van der Waals surface area contributed by atoms with Gasteiger partial charge in [-0.2, -0.15) is 0 Å². The third kappa shape index (κ3) is 1.18. The van der Waals surface area contributed by atoms with Gasteiger partial charge in [-0.3, -0.25) is 0 Å². The average Bonchev–Trinajstić information content (AvgIpc) is 2.35. The fraction of sp³-hybridized carbons (Fsp3) is 1.00. The van der Waals surface area contributed by atoms with E-state index >= 15 is 0 Å². The van der Waals surface area contributed by atoms with Crippen LogP contribution in [0.5, 0.6) is 0 Å². The van der Waals surface area contributed by atoms with Crippen LogP contribution in [0.25, 0.3) is 0 Å². The van der Waals surface area contributed by atoms with Crippen LogP contribution in [-0.4, -0.2) is 19.0 Å². The first-order chi connectivity index (χ1) is 4.71. The molecule has 0 unspecified atom stereocenters. The summed E-state index contributed by atoms with van der Waals surface area (Å²) in [5, 5.41) is 0. The van der Waals surface area contributed by atoms with Gasteiger partial charge < -0.3 is 9.47 Å². The van der Waals surface area contributed by atoms with Crippen LogP contribution in [0.1, 0.15) is 27.2 Å². The summed E-state index contributed by atoms with van der Waals surface area (Å²) in [5.74, 6) is 0.194. The van der Waals surface area contributed by atoms with Crippen LogP contribution >= 0.6 is 0 Å². The molecule has 2 nitrogen and oxygen atoms in total. The first-order valence-corrected chi connectivity index (χ1v) is 3.99. The molecule has 1 heterocycles. The summed E-state index contributed by atoms with van der Waals surface area (Å²) >= 11 is 0. The lowest BCUT2D eigenvalue weighted by molar-refractivity contribution is -0.189. The normalized spacial score (nSPS) is 24.0. The van der Waals surface area contributed by atoms with Crippen LogP contribution in [0.15, 0.2) is 0 Å². The van der Waals surface area contributed by atoms with E-state index < -0.39 is 0 Å². The van der Waals surface area contributed by atoms with Gasteiger partial charge in [0.15, 0.2) is 5.79 Å². The van der Waals surface area contributed by atoms with E-state index in [1.54, 1.807) is 0 Å². The van der Waals surface area contributed by atoms with Crippen molar-refractivity contribution >= 4 is 0 Å². The SMILES string of the molecule is CCC1(C(C)C)OCCO1. The molecule has 0 bridgehead atoms. The lowest BCUT2D eigenvalue weighted by Crippen LogP contribution is -2.35. The molecule has 10 heavy (non-hydrogen) atoms. The highest BCUT2D eigenvalue weighted by molar-refractivity contribution is 4.75. The van der Waals surface area contributed by atoms with Crippen molar-refractivity contribution in [1.29, 1.82) is 0 Å². The van der Waals surface area contributed by atoms with E-state index in [0.717, 1.165) is 19.6 Å². The van der Waals surface area contributed by atoms with E-state index in [2.05, 4.69) is 20.8 Å². The van der Waals surface area contributed by atoms with Gasteiger partial charge in [0.2, 0.25) is 0 Å². The molecule has 0 atom stereocenters. The van der Waals surface area contributed by atoms with Gasteiger partial charge in [0.05, 0.1) is 13.2 Å². The second-order valence-electron chi connectivity index (χ2n) is 3.02. The minimum atomic E-state index is -0.264. The van der Waals surface area contributed by atoms with Crippen molar-refractivity contribution in [3.63, 3.8) is 0 Å². The smallest absolute Gasteiger partial charge is 0.170 e. The maximum atomic E-state index is 5.53. The van der Waals surface area contributed by atoms with Gasteiger partial charge in [0.25, 0.3) is 0 Å². The summed E-state index contributed by atoms with van der Waals surface area (Å²) in [4.78, 5) is 0. The molecule has 2 heteroatoms. The fourth-order valence-electron chi connectivity index (χ4n) is 1.42. The number of hydrogen-bond acceptors (Lipinski definition) is 2. The van der Waals surface area contributed by atoms with E-state index in [1.807, 2.05) is 0 Å². The van der Waals surface area contributed by atoms with Crippen LogP contribution < -0.4 is 0 Å². The summed E-state index contributed by atoms with van der Waals surface area (Å²) in [6, 6.07) is 0. The zero-order valence-corrected chi connectivity index (χ0v) is 7.02. The predicted molar refractivity (Wildman–Crippen MR) is 39.8 cm³/mol. The van der Waals surface area contributed by atoms with Gasteiger partial charge in [0, 0.05) is 5.92 Å². The Bertz CT molecular complexity index is 104. The standard InChI is InChI=1S/C8H16O2/c1-4-8(7(2)3)9-5-6-10-8/h7H,4-6H2,1-3H3. The molecule has 0 aromatic carbocycles. The maximum Gasteiger partial charge on any atom is 0.170 e. The molecule has 1 aliphatic heterocycles. The Morgan fingerprint density at radius 1 is 1.30 bits per heavy atom. The van der Waals surface area contributed by atoms with Gasteiger partial charge in [-0.05, 0) is 6.42 Å². The fourth-order valence-corrected chi connectivity index (χ4v) is 1.42. The van der Waals surface area contributed by atoms with Crippen LogP contribution in [0.4, 0.5) is 0 Å². The molecule has 1 saturated heterocycles. The Balaban J connectivity index is 2.58. The molecule has 0 N–H and O–H groups in total. The minimum absolute atomic E-state index is 0.264. The van der Waals surface area contributed by atoms with E-state index in [0.29, 0.717) is 5.92 Å². The molecule has 1 fully saturated rings. The molecular weight excluding hydrogens is 128 g/mol. The van der Waals surface area contributed by atoms with Gasteiger partial charge in [-0.25, -0.2) is 0 Å². The molecule has 1 aliphatic rings. The number of ether oxygens (including phenoxy) is 2. The second kappa shape index (κ2) is 2.89. The van der Waals surface area contributed by atoms with Crippen molar-refractivity contribution in [2.75, 3.05) is 13.2 Å². The lowest BCUT2D eigenvalue weighted by Gasteiger charge is -2.29. The van der Waals surface area contributed by atoms with Crippen molar-refractivity contribution in [2.45, 2.75) is 33.0 Å². The van der Waals surface area contributed by atoms with Crippen LogP contribution in [-0.2, 0) is 9.47 Å². The van der Waals surface area contributed by atoms with Gasteiger partial charge in [-0.15, -0.1) is 0 Å². The van der Waals surface area contributed by atoms with E-state index in [9.17, 15) is 0 Å². The van der Waals surface area contributed by atoms with E-state index in [-0.39, 0.29) is 5.79 Å². The Kier molecular flexibility index (Phi) is 2.32. The Labute approximate surface area is 62.5 Å². The van der Waals surface area contributed by atoms with Gasteiger partial charge in [0.1, 0.15) is 0 Å². The summed E-state index contributed by atoms with van der Waals surface area (Å²) < 4.78 is 11.1. The van der Waals surface area contributed by atoms with Crippen molar-refractivity contribution in [2.24, 2.45) is 5.92 Å². The molecular formula is C8H16O2. The zero-order chi connectivity index (χ0) is 7.61. The largest absolute Gasteiger partial charge is 0.347 e. The van der Waals surface area contributed by atoms with E-state index in [4.69, 9.17) is 9.47 Å². The third-order valence-corrected chi connectivity index (χ3v) is 2.15. The summed E-state index contributed by atoms with van der Waals surface area (Å²) in [5.41, 5.74) is 0. The maximum absolute atomic E-state index is 5.53. The highest BCUT2D eigenvalue weighted by Crippen LogP contribution is 2.30. The summed E-state index contributed by atoms with van der Waals surface area (Å²) in [7, 11) is 0. The van der Waals surface area contributed by atoms with Crippen LogP contribution in [0, 0.1) is 5.92 Å². The molecule has 60 valence electrons. The lowest BCUT2D eigenvalue weighted by atomic mass is 10.0.